The van der Waals surface area contributed by atoms with Crippen molar-refractivity contribution in [2.75, 3.05) is 20.1 Å². The molecule has 0 fully saturated rings. The first-order chi connectivity index (χ1) is 11.1. The zero-order chi connectivity index (χ0) is 16.5. The van der Waals surface area contributed by atoms with Gasteiger partial charge in [0.1, 0.15) is 0 Å². The number of amides is 1. The molecule has 0 radical (unpaired) electrons. The van der Waals surface area contributed by atoms with E-state index in [9.17, 15) is 4.79 Å². The van der Waals surface area contributed by atoms with Crippen LogP contribution in [0.2, 0.25) is 5.02 Å². The maximum absolute atomic E-state index is 12.1. The van der Waals surface area contributed by atoms with E-state index in [0.29, 0.717) is 19.5 Å². The molecule has 0 spiro atoms. The van der Waals surface area contributed by atoms with E-state index in [1.807, 2.05) is 61.6 Å². The largest absolute Gasteiger partial charge is 0.341 e. The van der Waals surface area contributed by atoms with Crippen molar-refractivity contribution in [3.8, 4) is 0 Å². The van der Waals surface area contributed by atoms with Crippen LogP contribution in [0.1, 0.15) is 17.5 Å². The Morgan fingerprint density at radius 2 is 1.70 bits per heavy atom. The monoisotopic (exact) mass is 330 g/mol. The predicted molar refractivity (Wildman–Crippen MR) is 95.6 cm³/mol. The summed E-state index contributed by atoms with van der Waals surface area (Å²) in [5.41, 5.74) is 2.40. The molecule has 0 aliphatic rings. The molecule has 0 aliphatic heterocycles. The van der Waals surface area contributed by atoms with E-state index < -0.39 is 0 Å². The van der Waals surface area contributed by atoms with Gasteiger partial charge in [-0.3, -0.25) is 4.79 Å². The third-order valence-electron chi connectivity index (χ3n) is 3.71. The summed E-state index contributed by atoms with van der Waals surface area (Å²) in [7, 11) is 1.85. The lowest BCUT2D eigenvalue weighted by Crippen LogP contribution is -2.30. The van der Waals surface area contributed by atoms with Crippen molar-refractivity contribution in [2.24, 2.45) is 0 Å². The Hall–Kier alpha value is -1.84. The van der Waals surface area contributed by atoms with Gasteiger partial charge in [-0.1, -0.05) is 54.1 Å². The minimum Gasteiger partial charge on any atom is -0.341 e. The Morgan fingerprint density at radius 1 is 1.00 bits per heavy atom. The van der Waals surface area contributed by atoms with Gasteiger partial charge in [-0.05, 0) is 36.2 Å². The Morgan fingerprint density at radius 3 is 2.39 bits per heavy atom. The minimum atomic E-state index is 0.160. The molecule has 0 unspecified atom stereocenters. The fourth-order valence-corrected chi connectivity index (χ4v) is 2.47. The lowest BCUT2D eigenvalue weighted by Gasteiger charge is -2.17. The molecule has 2 aromatic carbocycles. The number of carbonyl (C=O) groups excluding carboxylic acids is 1. The number of carbonyl (C=O) groups is 1. The van der Waals surface area contributed by atoms with Crippen molar-refractivity contribution in [2.45, 2.75) is 19.4 Å². The fraction of sp³-hybridized carbons (Fsp3) is 0.316. The maximum Gasteiger partial charge on any atom is 0.223 e. The molecule has 0 atom stereocenters. The van der Waals surface area contributed by atoms with Crippen molar-refractivity contribution >= 4 is 17.5 Å². The normalized spacial score (nSPS) is 10.5. The molecular formula is C19H23ClN2O. The Balaban J connectivity index is 1.61. The van der Waals surface area contributed by atoms with Gasteiger partial charge in [0, 0.05) is 31.6 Å². The van der Waals surface area contributed by atoms with Crippen molar-refractivity contribution < 1.29 is 4.79 Å². The number of nitrogens with zero attached hydrogens (tertiary/aromatic N) is 1. The molecule has 4 heteroatoms. The average Bonchev–Trinajstić information content (AvgIpc) is 2.57. The molecular weight excluding hydrogens is 308 g/mol. The molecule has 23 heavy (non-hydrogen) atoms. The van der Waals surface area contributed by atoms with E-state index >= 15 is 0 Å². The molecule has 122 valence electrons. The Bertz CT molecular complexity index is 599. The molecule has 0 aliphatic carbocycles. The van der Waals surface area contributed by atoms with Gasteiger partial charge in [-0.15, -0.1) is 0 Å². The second-order valence-corrected chi connectivity index (χ2v) is 6.05. The van der Waals surface area contributed by atoms with Gasteiger partial charge < -0.3 is 10.2 Å². The molecule has 0 bridgehead atoms. The van der Waals surface area contributed by atoms with E-state index in [2.05, 4.69) is 5.32 Å². The van der Waals surface area contributed by atoms with Gasteiger partial charge in [0.15, 0.2) is 0 Å². The van der Waals surface area contributed by atoms with Crippen LogP contribution in [0.3, 0.4) is 0 Å². The van der Waals surface area contributed by atoms with Crippen molar-refractivity contribution in [3.05, 3.63) is 70.7 Å². The second-order valence-electron chi connectivity index (χ2n) is 5.61. The zero-order valence-electron chi connectivity index (χ0n) is 13.5. The van der Waals surface area contributed by atoms with Crippen LogP contribution >= 0.6 is 11.6 Å². The summed E-state index contributed by atoms with van der Waals surface area (Å²) in [6.07, 6.45) is 1.45. The summed E-state index contributed by atoms with van der Waals surface area (Å²) in [6, 6.07) is 17.9. The summed E-state index contributed by atoms with van der Waals surface area (Å²) < 4.78 is 0. The highest BCUT2D eigenvalue weighted by molar-refractivity contribution is 6.30. The van der Waals surface area contributed by atoms with Crippen LogP contribution in [0, 0.1) is 0 Å². The van der Waals surface area contributed by atoms with Gasteiger partial charge in [-0.25, -0.2) is 0 Å². The third kappa shape index (κ3) is 6.43. The summed E-state index contributed by atoms with van der Waals surface area (Å²) >= 11 is 5.86. The van der Waals surface area contributed by atoms with E-state index in [0.717, 1.165) is 23.6 Å². The first-order valence-corrected chi connectivity index (χ1v) is 8.26. The smallest absolute Gasteiger partial charge is 0.223 e. The van der Waals surface area contributed by atoms with E-state index in [4.69, 9.17) is 11.6 Å². The third-order valence-corrected chi connectivity index (χ3v) is 3.96. The predicted octanol–water partition coefficient (Wildman–Crippen LogP) is 3.52. The summed E-state index contributed by atoms with van der Waals surface area (Å²) in [4.78, 5) is 13.9. The van der Waals surface area contributed by atoms with Gasteiger partial charge in [0.05, 0.1) is 0 Å². The van der Waals surface area contributed by atoms with Gasteiger partial charge in [-0.2, -0.15) is 0 Å². The molecule has 2 aromatic rings. The van der Waals surface area contributed by atoms with Gasteiger partial charge in [0.2, 0.25) is 5.91 Å². The van der Waals surface area contributed by atoms with Crippen LogP contribution < -0.4 is 5.32 Å². The Labute approximate surface area is 143 Å². The highest BCUT2D eigenvalue weighted by Gasteiger charge is 2.08. The van der Waals surface area contributed by atoms with E-state index in [1.54, 1.807) is 4.90 Å². The highest BCUT2D eigenvalue weighted by Crippen LogP contribution is 2.09. The summed E-state index contributed by atoms with van der Waals surface area (Å²) in [5.74, 6) is 0.160. The van der Waals surface area contributed by atoms with Crippen LogP contribution in [0.4, 0.5) is 0 Å². The first kappa shape index (κ1) is 17.5. The molecule has 2 rings (SSSR count). The average molecular weight is 331 g/mol. The van der Waals surface area contributed by atoms with Crippen molar-refractivity contribution in [1.82, 2.24) is 10.2 Å². The first-order valence-electron chi connectivity index (χ1n) is 7.88. The van der Waals surface area contributed by atoms with Crippen LogP contribution in [-0.4, -0.2) is 30.9 Å². The van der Waals surface area contributed by atoms with Crippen molar-refractivity contribution in [1.29, 1.82) is 0 Å². The van der Waals surface area contributed by atoms with E-state index in [1.165, 1.54) is 5.56 Å². The quantitative estimate of drug-likeness (QED) is 0.751. The van der Waals surface area contributed by atoms with Crippen molar-refractivity contribution in [3.63, 3.8) is 0 Å². The number of nitrogens with one attached hydrogen (secondary N) is 1. The topological polar surface area (TPSA) is 32.3 Å². The SMILES string of the molecule is CN(Cc1ccccc1)C(=O)CCNCCc1ccc(Cl)cc1. The molecule has 1 N–H and O–H groups in total. The molecule has 0 heterocycles. The van der Waals surface area contributed by atoms with Crippen LogP contribution in [0.25, 0.3) is 0 Å². The molecule has 0 saturated heterocycles. The number of hydrogen-bond donors (Lipinski definition) is 1. The molecule has 3 nitrogen and oxygen atoms in total. The van der Waals surface area contributed by atoms with Crippen LogP contribution in [0.5, 0.6) is 0 Å². The summed E-state index contributed by atoms with van der Waals surface area (Å²) in [5, 5.41) is 4.08. The summed E-state index contributed by atoms with van der Waals surface area (Å²) in [6.45, 7) is 2.22. The highest BCUT2D eigenvalue weighted by atomic mass is 35.5. The van der Waals surface area contributed by atoms with Gasteiger partial charge >= 0.3 is 0 Å². The second kappa shape index (κ2) is 9.33. The van der Waals surface area contributed by atoms with E-state index in [-0.39, 0.29) is 5.91 Å². The number of rotatable bonds is 8. The van der Waals surface area contributed by atoms with Gasteiger partial charge in [0.25, 0.3) is 0 Å². The Kier molecular flexibility index (Phi) is 7.11. The number of halogens is 1. The molecule has 0 saturated carbocycles. The molecule has 0 aromatic heterocycles. The minimum absolute atomic E-state index is 0.160. The lowest BCUT2D eigenvalue weighted by atomic mass is 10.1. The maximum atomic E-state index is 12.1. The van der Waals surface area contributed by atoms with Crippen LogP contribution in [-0.2, 0) is 17.8 Å². The number of benzene rings is 2. The zero-order valence-corrected chi connectivity index (χ0v) is 14.2. The standard InChI is InChI=1S/C19H23ClN2O/c1-22(15-17-5-3-2-4-6-17)19(23)12-14-21-13-11-16-7-9-18(20)10-8-16/h2-10,21H,11-15H2,1H3. The lowest BCUT2D eigenvalue weighted by molar-refractivity contribution is -0.130. The number of hydrogen-bond acceptors (Lipinski definition) is 2. The molecule has 1 amide bonds. The van der Waals surface area contributed by atoms with Crippen LogP contribution in [0.15, 0.2) is 54.6 Å². The fourth-order valence-electron chi connectivity index (χ4n) is 2.34.